The van der Waals surface area contributed by atoms with Crippen molar-refractivity contribution in [1.82, 2.24) is 14.0 Å². The van der Waals surface area contributed by atoms with Crippen LogP contribution in [0, 0.1) is 5.82 Å². The molecule has 1 aromatic heterocycles. The first kappa shape index (κ1) is 24.0. The second-order valence-electron chi connectivity index (χ2n) is 7.20. The van der Waals surface area contributed by atoms with Gasteiger partial charge in [-0.3, -0.25) is 28.4 Å². The molecule has 0 saturated carbocycles. The number of likely N-dealkylation sites (tertiary alicyclic amines) is 1. The number of Topliss-reactive ketones (excluding diaryl/α,β-unsaturated/α-hetero) is 1. The van der Waals surface area contributed by atoms with Gasteiger partial charge >= 0.3 is 5.69 Å². The maximum Gasteiger partial charge on any atom is 0.332 e. The van der Waals surface area contributed by atoms with Crippen LogP contribution in [0.5, 0.6) is 0 Å². The molecule has 9 nitrogen and oxygen atoms in total. The minimum absolute atomic E-state index is 0.0211. The number of rotatable bonds is 6. The molecular formula is C21H28FN5O4. The number of nitrogens with two attached hydrogens (primary N) is 2. The van der Waals surface area contributed by atoms with E-state index in [1.54, 1.807) is 13.0 Å². The molecule has 2 heterocycles. The van der Waals surface area contributed by atoms with Crippen molar-refractivity contribution in [3.8, 4) is 0 Å². The molecule has 0 bridgehead atoms. The van der Waals surface area contributed by atoms with Crippen molar-refractivity contribution < 1.29 is 14.0 Å². The first-order chi connectivity index (χ1) is 14.8. The number of aromatic nitrogens is 2. The average molecular weight is 433 g/mol. The van der Waals surface area contributed by atoms with Crippen LogP contribution in [-0.2, 0) is 17.9 Å². The van der Waals surface area contributed by atoms with Crippen molar-refractivity contribution in [2.75, 3.05) is 25.4 Å². The highest BCUT2D eigenvalue weighted by molar-refractivity contribution is 6.01. The molecule has 1 fully saturated rings. The summed E-state index contributed by atoms with van der Waals surface area (Å²) >= 11 is 0. The summed E-state index contributed by atoms with van der Waals surface area (Å²) in [6.45, 7) is 3.45. The maximum atomic E-state index is 13.5. The minimum atomic E-state index is -0.664. The van der Waals surface area contributed by atoms with Crippen LogP contribution in [0.15, 0.2) is 33.9 Å². The lowest BCUT2D eigenvalue weighted by molar-refractivity contribution is -0.106. The Bertz CT molecular complexity index is 1040. The van der Waals surface area contributed by atoms with E-state index in [2.05, 4.69) is 5.73 Å². The molecule has 1 amide bonds. The van der Waals surface area contributed by atoms with Crippen LogP contribution in [0.1, 0.15) is 42.1 Å². The molecule has 10 heteroatoms. The van der Waals surface area contributed by atoms with Gasteiger partial charge < -0.3 is 11.5 Å². The molecule has 2 aromatic rings. The molecule has 0 aliphatic carbocycles. The van der Waals surface area contributed by atoms with Crippen LogP contribution < -0.4 is 22.7 Å². The molecule has 4 N–H and O–H groups in total. The third-order valence-electron chi connectivity index (χ3n) is 5.11. The summed E-state index contributed by atoms with van der Waals surface area (Å²) in [5.74, 6) is -0.986. The van der Waals surface area contributed by atoms with Crippen LogP contribution in [0.2, 0.25) is 0 Å². The second kappa shape index (κ2) is 11.2. The van der Waals surface area contributed by atoms with Gasteiger partial charge in [-0.05, 0) is 50.6 Å². The highest BCUT2D eigenvalue weighted by Gasteiger charge is 2.24. The number of hydrogen-bond acceptors (Lipinski definition) is 6. The number of ketones is 1. The quantitative estimate of drug-likeness (QED) is 0.505. The molecule has 0 atom stereocenters. The van der Waals surface area contributed by atoms with Crippen LogP contribution in [0.3, 0.4) is 0 Å². The fraction of sp³-hybridized carbons (Fsp3) is 0.429. The highest BCUT2D eigenvalue weighted by Crippen LogP contribution is 2.13. The Kier molecular flexibility index (Phi) is 8.68. The Hall–Kier alpha value is -3.27. The molecule has 1 saturated heterocycles. The van der Waals surface area contributed by atoms with E-state index in [0.29, 0.717) is 5.56 Å². The summed E-state index contributed by atoms with van der Waals surface area (Å²) in [6, 6.07) is 5.79. The van der Waals surface area contributed by atoms with E-state index >= 15 is 0 Å². The van der Waals surface area contributed by atoms with Gasteiger partial charge in [0.15, 0.2) is 5.78 Å². The average Bonchev–Trinajstić information content (AvgIpc) is 2.73. The van der Waals surface area contributed by atoms with E-state index in [1.807, 2.05) is 4.90 Å². The molecule has 1 aliphatic rings. The first-order valence-corrected chi connectivity index (χ1v) is 10.1. The summed E-state index contributed by atoms with van der Waals surface area (Å²) in [7, 11) is 0. The van der Waals surface area contributed by atoms with Gasteiger partial charge in [0, 0.05) is 6.54 Å². The zero-order valence-electron chi connectivity index (χ0n) is 17.6. The van der Waals surface area contributed by atoms with Crippen molar-refractivity contribution in [3.05, 3.63) is 62.0 Å². The van der Waals surface area contributed by atoms with E-state index in [9.17, 15) is 18.8 Å². The zero-order valence-corrected chi connectivity index (χ0v) is 17.6. The number of piperidine rings is 1. The Morgan fingerprint density at radius 3 is 2.39 bits per heavy atom. The van der Waals surface area contributed by atoms with E-state index < -0.39 is 17.1 Å². The SMILES string of the molecule is CCn1c(=O)c(C(=O)CN2CCCCC2)c(N)n(Cc2cccc(F)c2)c1=O.NC=O. The van der Waals surface area contributed by atoms with Crippen molar-refractivity contribution >= 4 is 18.0 Å². The molecule has 168 valence electrons. The van der Waals surface area contributed by atoms with E-state index in [-0.39, 0.29) is 43.2 Å². The van der Waals surface area contributed by atoms with Crippen LogP contribution >= 0.6 is 0 Å². The van der Waals surface area contributed by atoms with Gasteiger partial charge in [0.1, 0.15) is 17.2 Å². The van der Waals surface area contributed by atoms with Crippen molar-refractivity contribution in [3.63, 3.8) is 0 Å². The standard InChI is InChI=1S/C20H25FN4O3.CH3NO/c1-2-24-19(27)17(16(26)13-23-9-4-3-5-10-23)18(22)25(20(24)28)12-14-7-6-8-15(21)11-14;2-1-3/h6-8,11H,2-5,9-10,12-13,22H2,1H3;1H,(H2,2,3). The molecule has 3 rings (SSSR count). The van der Waals surface area contributed by atoms with Crippen LogP contribution in [0.25, 0.3) is 0 Å². The number of nitrogens with zero attached hydrogens (tertiary/aromatic N) is 3. The molecule has 0 spiro atoms. The highest BCUT2D eigenvalue weighted by atomic mass is 19.1. The third kappa shape index (κ3) is 5.88. The van der Waals surface area contributed by atoms with Crippen molar-refractivity contribution in [2.24, 2.45) is 5.73 Å². The van der Waals surface area contributed by atoms with Crippen LogP contribution in [-0.4, -0.2) is 45.9 Å². The molecule has 1 aromatic carbocycles. The number of primary amides is 1. The molecular weight excluding hydrogens is 405 g/mol. The van der Waals surface area contributed by atoms with E-state index in [1.165, 1.54) is 22.8 Å². The van der Waals surface area contributed by atoms with Crippen LogP contribution in [0.4, 0.5) is 10.2 Å². The van der Waals surface area contributed by atoms with Gasteiger partial charge in [-0.25, -0.2) is 9.18 Å². The Morgan fingerprint density at radius 2 is 1.81 bits per heavy atom. The normalized spacial score (nSPS) is 13.9. The summed E-state index contributed by atoms with van der Waals surface area (Å²) in [5.41, 5.74) is 9.37. The fourth-order valence-corrected chi connectivity index (χ4v) is 3.63. The summed E-state index contributed by atoms with van der Waals surface area (Å²) in [4.78, 5) is 48.9. The Balaban J connectivity index is 0.00000107. The Morgan fingerprint density at radius 1 is 1.16 bits per heavy atom. The van der Waals surface area contributed by atoms with E-state index in [4.69, 9.17) is 10.5 Å². The number of benzene rings is 1. The largest absolute Gasteiger partial charge is 0.384 e. The minimum Gasteiger partial charge on any atom is -0.384 e. The van der Waals surface area contributed by atoms with Gasteiger partial charge in [0.25, 0.3) is 5.56 Å². The molecule has 0 unspecified atom stereocenters. The van der Waals surface area contributed by atoms with E-state index in [0.717, 1.165) is 36.9 Å². The first-order valence-electron chi connectivity index (χ1n) is 10.1. The fourth-order valence-electron chi connectivity index (χ4n) is 3.63. The van der Waals surface area contributed by atoms with Gasteiger partial charge in [-0.2, -0.15) is 0 Å². The summed E-state index contributed by atoms with van der Waals surface area (Å²) in [5, 5.41) is 0. The number of hydrogen-bond donors (Lipinski definition) is 2. The topological polar surface area (TPSA) is 133 Å². The number of halogens is 1. The number of carbonyl (C=O) groups is 2. The molecule has 31 heavy (non-hydrogen) atoms. The third-order valence-corrected chi connectivity index (χ3v) is 5.11. The van der Waals surface area contributed by atoms with Crippen molar-refractivity contribution in [1.29, 1.82) is 0 Å². The zero-order chi connectivity index (χ0) is 23.0. The maximum absolute atomic E-state index is 13.5. The van der Waals surface area contributed by atoms with Gasteiger partial charge in [-0.1, -0.05) is 18.6 Å². The molecule has 0 radical (unpaired) electrons. The van der Waals surface area contributed by atoms with Gasteiger partial charge in [0.2, 0.25) is 6.41 Å². The molecule has 1 aliphatic heterocycles. The number of nitrogen functional groups attached to an aromatic ring is 1. The van der Waals surface area contributed by atoms with Crippen molar-refractivity contribution in [2.45, 2.75) is 39.3 Å². The summed E-state index contributed by atoms with van der Waals surface area (Å²) < 4.78 is 15.7. The predicted molar refractivity (Wildman–Crippen MR) is 115 cm³/mol. The second-order valence-corrected chi connectivity index (χ2v) is 7.20. The number of carbonyl (C=O) groups excluding carboxylic acids is 2. The lowest BCUT2D eigenvalue weighted by atomic mass is 10.1. The Labute approximate surface area is 179 Å². The number of anilines is 1. The number of amides is 1. The van der Waals surface area contributed by atoms with Gasteiger partial charge in [-0.15, -0.1) is 0 Å². The lowest BCUT2D eigenvalue weighted by Gasteiger charge is -2.26. The smallest absolute Gasteiger partial charge is 0.332 e. The summed E-state index contributed by atoms with van der Waals surface area (Å²) in [6.07, 6.45) is 3.41. The lowest BCUT2D eigenvalue weighted by Crippen LogP contribution is -2.45. The van der Waals surface area contributed by atoms with Gasteiger partial charge in [0.05, 0.1) is 13.1 Å². The monoisotopic (exact) mass is 433 g/mol. The predicted octanol–water partition coefficient (Wildman–Crippen LogP) is 0.570.